The van der Waals surface area contributed by atoms with Crippen molar-refractivity contribution >= 4 is 38.9 Å². The predicted octanol–water partition coefficient (Wildman–Crippen LogP) is 3.25. The summed E-state index contributed by atoms with van der Waals surface area (Å²) < 4.78 is 26.9. The van der Waals surface area contributed by atoms with Gasteiger partial charge in [-0.3, -0.25) is 4.79 Å². The summed E-state index contributed by atoms with van der Waals surface area (Å²) in [5.41, 5.74) is 0.654. The molecule has 1 saturated heterocycles. The molecular formula is C19H27N3O3S2. The maximum atomic E-state index is 12.7. The second-order valence-electron chi connectivity index (χ2n) is 7.27. The third-order valence-corrected chi connectivity index (χ3v) is 7.39. The first-order valence-electron chi connectivity index (χ1n) is 9.69. The molecule has 6 nitrogen and oxygen atoms in total. The Hall–Kier alpha value is -1.51. The maximum Gasteiger partial charge on any atom is 0.243 e. The fourth-order valence-corrected chi connectivity index (χ4v) is 5.44. The van der Waals surface area contributed by atoms with E-state index in [0.29, 0.717) is 18.8 Å². The lowest BCUT2D eigenvalue weighted by Gasteiger charge is -2.26. The largest absolute Gasteiger partial charge is 0.332 e. The van der Waals surface area contributed by atoms with Crippen molar-refractivity contribution in [2.24, 2.45) is 5.92 Å². The highest BCUT2D eigenvalue weighted by Gasteiger charge is 2.26. The molecule has 1 saturated carbocycles. The molecule has 3 rings (SSSR count). The molecule has 2 aliphatic rings. The standard InChI is InChI=1S/C19H27N3O3S2/c23-18(15-7-3-1-4-8-15)21-19(26)20-16-9-11-17(12-10-16)27(24,25)22-13-5-2-6-14-22/h9-12,15H,1-8,13-14H2,(H2,20,21,23,26). The van der Waals surface area contributed by atoms with Crippen molar-refractivity contribution in [1.29, 1.82) is 0 Å². The number of rotatable bonds is 4. The predicted molar refractivity (Wildman–Crippen MR) is 110 cm³/mol. The van der Waals surface area contributed by atoms with Crippen molar-refractivity contribution in [3.63, 3.8) is 0 Å². The fraction of sp³-hybridized carbons (Fsp3) is 0.579. The molecule has 0 radical (unpaired) electrons. The third kappa shape index (κ3) is 5.27. The van der Waals surface area contributed by atoms with Crippen LogP contribution in [0.2, 0.25) is 0 Å². The first-order chi connectivity index (χ1) is 13.0. The monoisotopic (exact) mass is 409 g/mol. The summed E-state index contributed by atoms with van der Waals surface area (Å²) in [4.78, 5) is 12.5. The van der Waals surface area contributed by atoms with Crippen LogP contribution >= 0.6 is 12.2 Å². The molecule has 0 aromatic heterocycles. The Morgan fingerprint density at radius 2 is 1.56 bits per heavy atom. The molecule has 1 aliphatic carbocycles. The number of nitrogens with zero attached hydrogens (tertiary/aromatic N) is 1. The zero-order chi connectivity index (χ0) is 19.3. The first kappa shape index (κ1) is 20.2. The highest BCUT2D eigenvalue weighted by Crippen LogP contribution is 2.24. The van der Waals surface area contributed by atoms with E-state index in [1.165, 1.54) is 6.42 Å². The Bertz CT molecular complexity index is 766. The summed E-state index contributed by atoms with van der Waals surface area (Å²) in [6, 6.07) is 6.52. The van der Waals surface area contributed by atoms with Crippen LogP contribution in [0.15, 0.2) is 29.2 Å². The Kier molecular flexibility index (Phi) is 6.83. The van der Waals surface area contributed by atoms with Crippen molar-refractivity contribution in [3.8, 4) is 0 Å². The van der Waals surface area contributed by atoms with Gasteiger partial charge in [-0.05, 0) is 62.2 Å². The van der Waals surface area contributed by atoms with Crippen LogP contribution < -0.4 is 10.6 Å². The average Bonchev–Trinajstić information content (AvgIpc) is 2.69. The molecule has 1 aromatic rings. The third-order valence-electron chi connectivity index (χ3n) is 5.28. The van der Waals surface area contributed by atoms with Crippen molar-refractivity contribution in [2.45, 2.75) is 56.3 Å². The van der Waals surface area contributed by atoms with Crippen molar-refractivity contribution < 1.29 is 13.2 Å². The summed E-state index contributed by atoms with van der Waals surface area (Å²) >= 11 is 5.22. The minimum atomic E-state index is -3.44. The molecule has 0 unspecified atom stereocenters. The number of carbonyl (C=O) groups excluding carboxylic acids is 1. The van der Waals surface area contributed by atoms with Gasteiger partial charge in [-0.15, -0.1) is 0 Å². The van der Waals surface area contributed by atoms with E-state index in [0.717, 1.165) is 44.9 Å². The minimum absolute atomic E-state index is 0.0310. The van der Waals surface area contributed by atoms with Crippen LogP contribution in [0.25, 0.3) is 0 Å². The van der Waals surface area contributed by atoms with Gasteiger partial charge in [0.1, 0.15) is 0 Å². The Morgan fingerprint density at radius 3 is 2.19 bits per heavy atom. The molecule has 0 atom stereocenters. The van der Waals surface area contributed by atoms with Crippen LogP contribution in [0.3, 0.4) is 0 Å². The van der Waals surface area contributed by atoms with Crippen LogP contribution in [0.4, 0.5) is 5.69 Å². The number of anilines is 1. The van der Waals surface area contributed by atoms with Crippen LogP contribution in [0.1, 0.15) is 51.4 Å². The van der Waals surface area contributed by atoms with E-state index in [4.69, 9.17) is 12.2 Å². The minimum Gasteiger partial charge on any atom is -0.332 e. The molecule has 27 heavy (non-hydrogen) atoms. The SMILES string of the molecule is O=C(NC(=S)Nc1ccc(S(=O)(=O)N2CCCCC2)cc1)C1CCCCC1. The van der Waals surface area contributed by atoms with Crippen LogP contribution in [-0.2, 0) is 14.8 Å². The van der Waals surface area contributed by atoms with Gasteiger partial charge in [0.2, 0.25) is 15.9 Å². The lowest BCUT2D eigenvalue weighted by Crippen LogP contribution is -2.39. The van der Waals surface area contributed by atoms with E-state index >= 15 is 0 Å². The van der Waals surface area contributed by atoms with Crippen LogP contribution in [-0.4, -0.2) is 36.8 Å². The molecule has 2 fully saturated rings. The normalized spacial score (nSPS) is 19.4. The number of hydrogen-bond donors (Lipinski definition) is 2. The second-order valence-corrected chi connectivity index (χ2v) is 9.61. The molecule has 1 aliphatic heterocycles. The quantitative estimate of drug-likeness (QED) is 0.747. The number of thiocarbonyl (C=S) groups is 1. The Balaban J connectivity index is 1.56. The molecule has 0 bridgehead atoms. The topological polar surface area (TPSA) is 78.5 Å². The van der Waals surface area contributed by atoms with E-state index in [-0.39, 0.29) is 21.8 Å². The Labute approximate surface area is 166 Å². The van der Waals surface area contributed by atoms with Gasteiger partial charge in [0.05, 0.1) is 4.90 Å². The summed E-state index contributed by atoms with van der Waals surface area (Å²) in [5, 5.41) is 5.96. The van der Waals surface area contributed by atoms with Gasteiger partial charge in [0.15, 0.2) is 5.11 Å². The van der Waals surface area contributed by atoms with Gasteiger partial charge in [0.25, 0.3) is 0 Å². The second kappa shape index (κ2) is 9.12. The zero-order valence-electron chi connectivity index (χ0n) is 15.4. The Morgan fingerprint density at radius 1 is 0.963 bits per heavy atom. The smallest absolute Gasteiger partial charge is 0.243 e. The number of nitrogens with one attached hydrogen (secondary N) is 2. The number of hydrogen-bond acceptors (Lipinski definition) is 4. The summed E-state index contributed by atoms with van der Waals surface area (Å²) in [6.45, 7) is 1.17. The summed E-state index contributed by atoms with van der Waals surface area (Å²) in [7, 11) is -3.44. The van der Waals surface area contributed by atoms with Gasteiger partial charge >= 0.3 is 0 Å². The number of sulfonamides is 1. The molecule has 1 aromatic carbocycles. The molecule has 8 heteroatoms. The van der Waals surface area contributed by atoms with E-state index < -0.39 is 10.0 Å². The fourth-order valence-electron chi connectivity index (χ4n) is 3.71. The average molecular weight is 410 g/mol. The first-order valence-corrected chi connectivity index (χ1v) is 11.5. The van der Waals surface area contributed by atoms with Crippen LogP contribution in [0.5, 0.6) is 0 Å². The summed E-state index contributed by atoms with van der Waals surface area (Å²) in [6.07, 6.45) is 8.10. The number of amides is 1. The van der Waals surface area contributed by atoms with Gasteiger partial charge < -0.3 is 10.6 Å². The van der Waals surface area contributed by atoms with Crippen molar-refractivity contribution in [3.05, 3.63) is 24.3 Å². The van der Waals surface area contributed by atoms with E-state index in [1.807, 2.05) is 0 Å². The van der Waals surface area contributed by atoms with Crippen molar-refractivity contribution in [2.75, 3.05) is 18.4 Å². The lowest BCUT2D eigenvalue weighted by atomic mass is 9.89. The number of benzene rings is 1. The maximum absolute atomic E-state index is 12.7. The lowest BCUT2D eigenvalue weighted by molar-refractivity contribution is -0.124. The molecule has 2 N–H and O–H groups in total. The molecule has 1 amide bonds. The molecule has 0 spiro atoms. The van der Waals surface area contributed by atoms with Gasteiger partial charge in [-0.2, -0.15) is 4.31 Å². The number of piperidine rings is 1. The molecule has 148 valence electrons. The van der Waals surface area contributed by atoms with E-state index in [2.05, 4.69) is 10.6 Å². The van der Waals surface area contributed by atoms with Gasteiger partial charge in [-0.25, -0.2) is 8.42 Å². The van der Waals surface area contributed by atoms with E-state index in [9.17, 15) is 13.2 Å². The molecular weight excluding hydrogens is 382 g/mol. The van der Waals surface area contributed by atoms with Crippen LogP contribution in [0, 0.1) is 5.92 Å². The van der Waals surface area contributed by atoms with Gasteiger partial charge in [-0.1, -0.05) is 25.7 Å². The van der Waals surface area contributed by atoms with Crippen molar-refractivity contribution in [1.82, 2.24) is 9.62 Å². The zero-order valence-corrected chi connectivity index (χ0v) is 17.1. The van der Waals surface area contributed by atoms with Gasteiger partial charge in [0, 0.05) is 24.7 Å². The molecule has 1 heterocycles. The van der Waals surface area contributed by atoms with E-state index in [1.54, 1.807) is 28.6 Å². The highest BCUT2D eigenvalue weighted by atomic mass is 32.2. The highest BCUT2D eigenvalue weighted by molar-refractivity contribution is 7.89. The summed E-state index contributed by atoms with van der Waals surface area (Å²) in [5.74, 6) is 0.00654. The number of carbonyl (C=O) groups is 1.